The first-order valence-corrected chi connectivity index (χ1v) is 6.22. The van der Waals surface area contributed by atoms with Crippen molar-refractivity contribution in [3.63, 3.8) is 0 Å². The number of rotatable bonds is 3. The molecule has 0 amide bonds. The van der Waals surface area contributed by atoms with Crippen LogP contribution in [0.5, 0.6) is 0 Å². The van der Waals surface area contributed by atoms with Gasteiger partial charge in [-0.1, -0.05) is 31.9 Å². The Morgan fingerprint density at radius 2 is 2.21 bits per heavy atom. The molecule has 1 aromatic carbocycles. The van der Waals surface area contributed by atoms with Gasteiger partial charge in [0.2, 0.25) is 0 Å². The molecule has 4 heteroatoms. The van der Waals surface area contributed by atoms with E-state index in [4.69, 9.17) is 5.73 Å². The molecule has 0 aliphatic carbocycles. The lowest BCUT2D eigenvalue weighted by atomic mass is 10.1. The van der Waals surface area contributed by atoms with Crippen LogP contribution in [0.2, 0.25) is 0 Å². The zero-order valence-electron chi connectivity index (χ0n) is 7.76. The Labute approximate surface area is 100 Å². The first-order valence-electron chi connectivity index (χ1n) is 4.19. The summed E-state index contributed by atoms with van der Waals surface area (Å²) in [4.78, 5) is 11.5. The Hall–Kier alpha value is -0.350. The van der Waals surface area contributed by atoms with Gasteiger partial charge in [-0.3, -0.25) is 4.79 Å². The highest BCUT2D eigenvalue weighted by Gasteiger charge is 2.12. The quantitative estimate of drug-likeness (QED) is 0.528. The maximum Gasteiger partial charge on any atom is 0.176 e. The van der Waals surface area contributed by atoms with Crippen molar-refractivity contribution < 1.29 is 4.79 Å². The molecule has 0 radical (unpaired) electrons. The Kier molecular flexibility index (Phi) is 4.13. The van der Waals surface area contributed by atoms with Crippen molar-refractivity contribution in [2.45, 2.75) is 17.1 Å². The summed E-state index contributed by atoms with van der Waals surface area (Å²) >= 11 is 6.57. The second-order valence-corrected chi connectivity index (χ2v) is 4.96. The van der Waals surface area contributed by atoms with Gasteiger partial charge < -0.3 is 5.73 Å². The van der Waals surface area contributed by atoms with E-state index in [1.54, 1.807) is 12.1 Å². The van der Waals surface area contributed by atoms with E-state index in [1.807, 2.05) is 13.0 Å². The third kappa shape index (κ3) is 2.58. The molecule has 0 saturated heterocycles. The average Bonchev–Trinajstić information content (AvgIpc) is 2.17. The van der Waals surface area contributed by atoms with Crippen LogP contribution in [-0.2, 0) is 5.33 Å². The van der Waals surface area contributed by atoms with E-state index in [1.165, 1.54) is 0 Å². The molecule has 1 rings (SSSR count). The van der Waals surface area contributed by atoms with Gasteiger partial charge >= 0.3 is 0 Å². The summed E-state index contributed by atoms with van der Waals surface area (Å²) in [5, 5.41) is 0.663. The molecule has 1 atom stereocenters. The topological polar surface area (TPSA) is 43.1 Å². The lowest BCUT2D eigenvalue weighted by molar-refractivity contribution is 0.0996. The molecule has 0 aliphatic rings. The van der Waals surface area contributed by atoms with Crippen LogP contribution in [0.3, 0.4) is 0 Å². The molecule has 0 bridgehead atoms. The van der Waals surface area contributed by atoms with E-state index in [2.05, 4.69) is 31.9 Å². The predicted octanol–water partition coefficient (Wildman–Crippen LogP) is 3.13. The molecule has 0 heterocycles. The molecule has 0 spiro atoms. The van der Waals surface area contributed by atoms with Gasteiger partial charge in [0.15, 0.2) is 5.78 Å². The van der Waals surface area contributed by atoms with Crippen LogP contribution in [-0.4, -0.2) is 10.6 Å². The summed E-state index contributed by atoms with van der Waals surface area (Å²) in [5.74, 6) is 0.0761. The normalized spacial score (nSPS) is 12.5. The van der Waals surface area contributed by atoms with Gasteiger partial charge in [0.25, 0.3) is 0 Å². The van der Waals surface area contributed by atoms with E-state index >= 15 is 0 Å². The van der Waals surface area contributed by atoms with Crippen LogP contribution in [0, 0.1) is 0 Å². The molecule has 0 fully saturated rings. The zero-order chi connectivity index (χ0) is 10.7. The number of halogens is 2. The highest BCUT2D eigenvalue weighted by atomic mass is 79.9. The predicted molar refractivity (Wildman–Crippen MR) is 66.2 cm³/mol. The maximum atomic E-state index is 11.6. The second kappa shape index (κ2) is 4.94. The number of nitrogen functional groups attached to an aromatic ring is 1. The molecule has 2 nitrogen and oxygen atoms in total. The fourth-order valence-corrected chi connectivity index (χ4v) is 1.85. The molecular weight excluding hydrogens is 310 g/mol. The van der Waals surface area contributed by atoms with Crippen LogP contribution >= 0.6 is 31.9 Å². The van der Waals surface area contributed by atoms with E-state index in [0.29, 0.717) is 16.6 Å². The fraction of sp³-hybridized carbons (Fsp3) is 0.300. The largest absolute Gasteiger partial charge is 0.398 e. The van der Waals surface area contributed by atoms with Crippen LogP contribution < -0.4 is 5.73 Å². The molecule has 14 heavy (non-hydrogen) atoms. The first kappa shape index (κ1) is 11.7. The van der Waals surface area contributed by atoms with Gasteiger partial charge in [0.05, 0.1) is 4.83 Å². The average molecular weight is 321 g/mol. The van der Waals surface area contributed by atoms with Gasteiger partial charge in [-0.15, -0.1) is 0 Å². The van der Waals surface area contributed by atoms with Crippen molar-refractivity contribution in [2.24, 2.45) is 0 Å². The molecule has 0 saturated carbocycles. The van der Waals surface area contributed by atoms with Crippen molar-refractivity contribution in [2.75, 3.05) is 5.73 Å². The Balaban J connectivity index is 3.06. The maximum absolute atomic E-state index is 11.6. The molecular formula is C10H11Br2NO. The number of Topliss-reactive ketones (excluding diaryl/α,β-unsaturated/α-hetero) is 1. The molecule has 0 aromatic heterocycles. The van der Waals surface area contributed by atoms with E-state index in [9.17, 15) is 4.79 Å². The highest BCUT2D eigenvalue weighted by molar-refractivity contribution is 9.10. The van der Waals surface area contributed by atoms with Crippen molar-refractivity contribution >= 4 is 43.3 Å². The molecule has 1 unspecified atom stereocenters. The number of hydrogen-bond donors (Lipinski definition) is 1. The molecule has 76 valence electrons. The van der Waals surface area contributed by atoms with Crippen LogP contribution in [0.15, 0.2) is 18.2 Å². The summed E-state index contributed by atoms with van der Waals surface area (Å²) in [6, 6.07) is 5.34. The standard InChI is InChI=1S/C10H11Br2NO/c1-6(12)10(14)7-2-3-9(13)8(4-7)5-11/h2-4,6H,5,13H2,1H3. The number of anilines is 1. The zero-order valence-corrected chi connectivity index (χ0v) is 10.9. The minimum absolute atomic E-state index is 0.0761. The van der Waals surface area contributed by atoms with Gasteiger partial charge in [0, 0.05) is 16.6 Å². The number of nitrogens with two attached hydrogens (primary N) is 1. The summed E-state index contributed by atoms with van der Waals surface area (Å²) in [6.45, 7) is 1.81. The van der Waals surface area contributed by atoms with Gasteiger partial charge in [-0.2, -0.15) is 0 Å². The van der Waals surface area contributed by atoms with E-state index in [-0.39, 0.29) is 10.6 Å². The van der Waals surface area contributed by atoms with Gasteiger partial charge in [-0.05, 0) is 30.7 Å². The molecule has 0 aliphatic heterocycles. The number of hydrogen-bond acceptors (Lipinski definition) is 2. The van der Waals surface area contributed by atoms with Crippen molar-refractivity contribution in [3.05, 3.63) is 29.3 Å². The summed E-state index contributed by atoms with van der Waals surface area (Å²) in [6.07, 6.45) is 0. The van der Waals surface area contributed by atoms with E-state index in [0.717, 1.165) is 5.56 Å². The minimum atomic E-state index is -0.158. The van der Waals surface area contributed by atoms with Gasteiger partial charge in [-0.25, -0.2) is 0 Å². The summed E-state index contributed by atoms with van der Waals surface area (Å²) in [7, 11) is 0. The lowest BCUT2D eigenvalue weighted by Gasteiger charge is -2.06. The SMILES string of the molecule is CC(Br)C(=O)c1ccc(N)c(CBr)c1. The number of ketones is 1. The van der Waals surface area contributed by atoms with Crippen molar-refractivity contribution in [3.8, 4) is 0 Å². The number of benzene rings is 1. The minimum Gasteiger partial charge on any atom is -0.398 e. The monoisotopic (exact) mass is 319 g/mol. The molecule has 2 N–H and O–H groups in total. The van der Waals surface area contributed by atoms with Crippen LogP contribution in [0.1, 0.15) is 22.8 Å². The highest BCUT2D eigenvalue weighted by Crippen LogP contribution is 2.19. The van der Waals surface area contributed by atoms with Crippen molar-refractivity contribution in [1.82, 2.24) is 0 Å². The smallest absolute Gasteiger partial charge is 0.176 e. The third-order valence-corrected chi connectivity index (χ3v) is 2.95. The third-order valence-electron chi connectivity index (χ3n) is 1.93. The number of alkyl halides is 2. The summed E-state index contributed by atoms with van der Waals surface area (Å²) < 4.78 is 0. The van der Waals surface area contributed by atoms with Crippen LogP contribution in [0.4, 0.5) is 5.69 Å². The Morgan fingerprint density at radius 1 is 1.57 bits per heavy atom. The number of carbonyl (C=O) groups is 1. The Bertz CT molecular complexity index is 350. The van der Waals surface area contributed by atoms with Crippen molar-refractivity contribution in [1.29, 1.82) is 0 Å². The number of carbonyl (C=O) groups excluding carboxylic acids is 1. The van der Waals surface area contributed by atoms with E-state index < -0.39 is 0 Å². The van der Waals surface area contributed by atoms with Gasteiger partial charge in [0.1, 0.15) is 0 Å². The second-order valence-electron chi connectivity index (χ2n) is 3.03. The first-order chi connectivity index (χ1) is 6.56. The molecule has 1 aromatic rings. The fourth-order valence-electron chi connectivity index (χ4n) is 1.10. The lowest BCUT2D eigenvalue weighted by Crippen LogP contribution is -2.10. The summed E-state index contributed by atoms with van der Waals surface area (Å²) in [5.41, 5.74) is 8.07. The van der Waals surface area contributed by atoms with Crippen LogP contribution in [0.25, 0.3) is 0 Å². The Morgan fingerprint density at radius 3 is 2.71 bits per heavy atom.